The fraction of sp³-hybridized carbons (Fsp3) is 0.321. The molecule has 0 unspecified atom stereocenters. The molecule has 3 aromatic rings. The van der Waals surface area contributed by atoms with Gasteiger partial charge in [-0.3, -0.25) is 9.80 Å². The second kappa shape index (κ2) is 10.1. The summed E-state index contributed by atoms with van der Waals surface area (Å²) in [7, 11) is 0. The largest absolute Gasteiger partial charge is 0.457 e. The quantitative estimate of drug-likeness (QED) is 0.484. The molecule has 5 nitrogen and oxygen atoms in total. The number of benzene rings is 3. The summed E-state index contributed by atoms with van der Waals surface area (Å²) < 4.78 is 11.4. The number of amides is 1. The molecular weight excluding hydrogens is 412 g/mol. The van der Waals surface area contributed by atoms with Crippen LogP contribution < -0.4 is 4.74 Å². The number of carbonyl (C=O) groups excluding carboxylic acids is 1. The summed E-state index contributed by atoms with van der Waals surface area (Å²) in [5, 5.41) is 0. The maximum absolute atomic E-state index is 12.5. The van der Waals surface area contributed by atoms with Crippen molar-refractivity contribution >= 4 is 6.09 Å². The molecule has 170 valence electrons. The average molecular weight is 443 g/mol. The highest BCUT2D eigenvalue weighted by Gasteiger charge is 2.39. The van der Waals surface area contributed by atoms with E-state index in [1.807, 2.05) is 47.4 Å². The van der Waals surface area contributed by atoms with E-state index >= 15 is 0 Å². The molecule has 2 heterocycles. The summed E-state index contributed by atoms with van der Waals surface area (Å²) in [4.78, 5) is 17.0. The number of nitrogens with zero attached hydrogens (tertiary/aromatic N) is 2. The van der Waals surface area contributed by atoms with Crippen LogP contribution in [-0.2, 0) is 17.7 Å². The molecule has 0 aliphatic carbocycles. The van der Waals surface area contributed by atoms with Crippen molar-refractivity contribution in [1.29, 1.82) is 0 Å². The Morgan fingerprint density at radius 2 is 1.48 bits per heavy atom. The highest BCUT2D eigenvalue weighted by Crippen LogP contribution is 2.27. The molecule has 5 heteroatoms. The van der Waals surface area contributed by atoms with Gasteiger partial charge in [-0.1, -0.05) is 60.7 Å². The summed E-state index contributed by atoms with van der Waals surface area (Å²) in [6.07, 6.45) is 2.64. The highest BCUT2D eigenvalue weighted by molar-refractivity contribution is 5.70. The Bertz CT molecular complexity index is 1050. The van der Waals surface area contributed by atoms with Crippen molar-refractivity contribution in [3.8, 4) is 11.5 Å². The Kier molecular flexibility index (Phi) is 6.58. The Balaban J connectivity index is 1.16. The third-order valence-electron chi connectivity index (χ3n) is 6.55. The van der Waals surface area contributed by atoms with Gasteiger partial charge in [-0.05, 0) is 54.7 Å². The number of rotatable bonds is 7. The smallest absolute Gasteiger partial charge is 0.410 e. The number of piperidine rings is 1. The number of cyclic esters (lactones) is 1. The van der Waals surface area contributed by atoms with E-state index in [0.29, 0.717) is 6.61 Å². The zero-order valence-electron chi connectivity index (χ0n) is 18.8. The van der Waals surface area contributed by atoms with Gasteiger partial charge in [0.1, 0.15) is 18.1 Å². The molecule has 0 radical (unpaired) electrons. The molecule has 2 aliphatic rings. The SMILES string of the molecule is O=C1OC[C@H](Cc2ccccc2)N1C1CCN(Cc2cccc(Oc3ccccc3)c2)CC1. The summed E-state index contributed by atoms with van der Waals surface area (Å²) in [6, 6.07) is 28.9. The van der Waals surface area contributed by atoms with Gasteiger partial charge in [-0.25, -0.2) is 4.79 Å². The molecule has 5 rings (SSSR count). The molecule has 0 bridgehead atoms. The zero-order chi connectivity index (χ0) is 22.5. The molecule has 0 spiro atoms. The minimum Gasteiger partial charge on any atom is -0.457 e. The molecule has 0 saturated carbocycles. The Hall–Kier alpha value is -3.31. The van der Waals surface area contributed by atoms with Crippen LogP contribution in [0.4, 0.5) is 4.79 Å². The lowest BCUT2D eigenvalue weighted by atomic mass is 9.99. The van der Waals surface area contributed by atoms with Crippen molar-refractivity contribution < 1.29 is 14.3 Å². The van der Waals surface area contributed by atoms with Crippen molar-refractivity contribution in [3.63, 3.8) is 0 Å². The van der Waals surface area contributed by atoms with Gasteiger partial charge in [0.25, 0.3) is 0 Å². The minimum atomic E-state index is -0.153. The third kappa shape index (κ3) is 5.37. The maximum Gasteiger partial charge on any atom is 0.410 e. The monoisotopic (exact) mass is 442 g/mol. The van der Waals surface area contributed by atoms with Gasteiger partial charge in [-0.2, -0.15) is 0 Å². The number of hydrogen-bond acceptors (Lipinski definition) is 4. The van der Waals surface area contributed by atoms with E-state index in [9.17, 15) is 4.79 Å². The molecule has 2 fully saturated rings. The standard InChI is InChI=1S/C28H30N2O3/c31-28-30(25(21-32-28)18-22-8-3-1-4-9-22)24-14-16-29(17-15-24)20-23-10-7-13-27(19-23)33-26-11-5-2-6-12-26/h1-13,19,24-25H,14-18,20-21H2/t25-/m0/s1. The van der Waals surface area contributed by atoms with Crippen LogP contribution in [0.1, 0.15) is 24.0 Å². The summed E-state index contributed by atoms with van der Waals surface area (Å²) in [5.74, 6) is 1.70. The lowest BCUT2D eigenvalue weighted by molar-refractivity contribution is 0.104. The molecule has 33 heavy (non-hydrogen) atoms. The molecule has 2 saturated heterocycles. The normalized spacial score (nSPS) is 19.5. The van der Waals surface area contributed by atoms with Gasteiger partial charge >= 0.3 is 6.09 Å². The number of para-hydroxylation sites is 1. The Labute approximate surface area is 195 Å². The topological polar surface area (TPSA) is 42.0 Å². The van der Waals surface area contributed by atoms with E-state index in [4.69, 9.17) is 9.47 Å². The molecule has 1 atom stereocenters. The fourth-order valence-electron chi connectivity index (χ4n) is 4.91. The predicted octanol–water partition coefficient (Wildman–Crippen LogP) is 5.51. The third-order valence-corrected chi connectivity index (χ3v) is 6.55. The van der Waals surface area contributed by atoms with E-state index < -0.39 is 0 Å². The van der Waals surface area contributed by atoms with Crippen molar-refractivity contribution in [2.45, 2.75) is 37.9 Å². The number of ether oxygens (including phenoxy) is 2. The molecule has 0 N–H and O–H groups in total. The molecule has 2 aliphatic heterocycles. The first kappa shape index (κ1) is 21.5. The first-order valence-electron chi connectivity index (χ1n) is 11.8. The molecule has 1 amide bonds. The van der Waals surface area contributed by atoms with Gasteiger partial charge < -0.3 is 9.47 Å². The fourth-order valence-corrected chi connectivity index (χ4v) is 4.91. The van der Waals surface area contributed by atoms with Crippen LogP contribution in [0.15, 0.2) is 84.9 Å². The summed E-state index contributed by atoms with van der Waals surface area (Å²) in [5.41, 5.74) is 2.49. The van der Waals surface area contributed by atoms with E-state index in [0.717, 1.165) is 50.4 Å². The average Bonchev–Trinajstić information content (AvgIpc) is 3.21. The maximum atomic E-state index is 12.5. The van der Waals surface area contributed by atoms with Gasteiger partial charge in [0, 0.05) is 25.7 Å². The summed E-state index contributed by atoms with van der Waals surface area (Å²) >= 11 is 0. The van der Waals surface area contributed by atoms with Crippen LogP contribution in [0.2, 0.25) is 0 Å². The van der Waals surface area contributed by atoms with Crippen molar-refractivity contribution in [2.75, 3.05) is 19.7 Å². The second-order valence-corrected chi connectivity index (χ2v) is 8.90. The Morgan fingerprint density at radius 3 is 2.24 bits per heavy atom. The summed E-state index contributed by atoms with van der Waals surface area (Å²) in [6.45, 7) is 3.31. The van der Waals surface area contributed by atoms with E-state index in [1.54, 1.807) is 0 Å². The highest BCUT2D eigenvalue weighted by atomic mass is 16.6. The minimum absolute atomic E-state index is 0.128. The molecule has 0 aromatic heterocycles. The van der Waals surface area contributed by atoms with Crippen LogP contribution in [0.3, 0.4) is 0 Å². The van der Waals surface area contributed by atoms with Crippen molar-refractivity contribution in [1.82, 2.24) is 9.80 Å². The van der Waals surface area contributed by atoms with Crippen molar-refractivity contribution in [2.24, 2.45) is 0 Å². The van der Waals surface area contributed by atoms with E-state index in [2.05, 4.69) is 47.4 Å². The number of hydrogen-bond donors (Lipinski definition) is 0. The first-order valence-corrected chi connectivity index (χ1v) is 11.8. The van der Waals surface area contributed by atoms with Crippen molar-refractivity contribution in [3.05, 3.63) is 96.1 Å². The van der Waals surface area contributed by atoms with Crippen LogP contribution >= 0.6 is 0 Å². The van der Waals surface area contributed by atoms with Crippen LogP contribution in [0.5, 0.6) is 11.5 Å². The van der Waals surface area contributed by atoms with Crippen LogP contribution in [-0.4, -0.2) is 47.7 Å². The lowest BCUT2D eigenvalue weighted by Crippen LogP contribution is -2.48. The number of carbonyl (C=O) groups is 1. The van der Waals surface area contributed by atoms with Crippen LogP contribution in [0, 0.1) is 0 Å². The predicted molar refractivity (Wildman–Crippen MR) is 128 cm³/mol. The lowest BCUT2D eigenvalue weighted by Gasteiger charge is -2.38. The molecular formula is C28H30N2O3. The zero-order valence-corrected chi connectivity index (χ0v) is 18.8. The second-order valence-electron chi connectivity index (χ2n) is 8.90. The van der Waals surface area contributed by atoms with Gasteiger partial charge in [0.15, 0.2) is 0 Å². The molecule has 3 aromatic carbocycles. The first-order chi connectivity index (χ1) is 16.2. The van der Waals surface area contributed by atoms with Crippen LogP contribution in [0.25, 0.3) is 0 Å². The Morgan fingerprint density at radius 1 is 0.818 bits per heavy atom. The van der Waals surface area contributed by atoms with E-state index in [1.165, 1.54) is 11.1 Å². The van der Waals surface area contributed by atoms with E-state index in [-0.39, 0.29) is 18.2 Å². The number of likely N-dealkylation sites (tertiary alicyclic amines) is 1. The van der Waals surface area contributed by atoms with Gasteiger partial charge in [-0.15, -0.1) is 0 Å². The van der Waals surface area contributed by atoms with Gasteiger partial charge in [0.2, 0.25) is 0 Å². The van der Waals surface area contributed by atoms with Gasteiger partial charge in [0.05, 0.1) is 6.04 Å².